The van der Waals surface area contributed by atoms with Crippen LogP contribution in [-0.4, -0.2) is 23.3 Å². The second-order valence-corrected chi connectivity index (χ2v) is 9.25. The van der Waals surface area contributed by atoms with Gasteiger partial charge in [0.05, 0.1) is 21.4 Å². The Bertz CT molecular complexity index is 1070. The monoisotopic (exact) mass is 406 g/mol. The van der Waals surface area contributed by atoms with Gasteiger partial charge >= 0.3 is 7.12 Å². The van der Waals surface area contributed by atoms with Crippen molar-refractivity contribution < 1.29 is 14.0 Å². The van der Waals surface area contributed by atoms with Crippen LogP contribution in [0, 0.1) is 11.3 Å². The molecule has 0 spiro atoms. The van der Waals surface area contributed by atoms with Crippen LogP contribution in [0.3, 0.4) is 0 Å². The second-order valence-electron chi connectivity index (χ2n) is 8.25. The zero-order valence-corrected chi connectivity index (χ0v) is 18.0. The molecule has 0 aliphatic carbocycles. The molecule has 3 aromatic rings. The zero-order chi connectivity index (χ0) is 20.8. The molecule has 0 saturated carbocycles. The van der Waals surface area contributed by atoms with Crippen LogP contribution in [-0.2, 0) is 9.31 Å². The summed E-state index contributed by atoms with van der Waals surface area (Å²) in [5.41, 5.74) is 2.10. The van der Waals surface area contributed by atoms with E-state index in [1.54, 1.807) is 0 Å². The smallest absolute Gasteiger partial charge is 0.484 e. The maximum Gasteiger partial charge on any atom is 0.494 e. The first-order chi connectivity index (χ1) is 13.7. The van der Waals surface area contributed by atoms with E-state index in [-0.39, 0.29) is 24.4 Å². The quantitative estimate of drug-likeness (QED) is 0.593. The number of hydrogen-bond acceptors (Lipinski definition) is 6. The Kier molecular flexibility index (Phi) is 4.90. The molecule has 1 fully saturated rings. The van der Waals surface area contributed by atoms with Gasteiger partial charge in [0.1, 0.15) is 17.9 Å². The normalized spacial score (nSPS) is 18.6. The molecule has 1 saturated heterocycles. The molecule has 5 nitrogen and oxygen atoms in total. The number of aromatic nitrogens is 1. The maximum absolute atomic E-state index is 9.11. The molecule has 1 unspecified atom stereocenters. The minimum Gasteiger partial charge on any atom is -0.484 e. The number of ether oxygens (including phenoxy) is 1. The summed E-state index contributed by atoms with van der Waals surface area (Å²) < 4.78 is 19.3. The third kappa shape index (κ3) is 3.64. The molecule has 7 heteroatoms. The fourth-order valence-electron chi connectivity index (χ4n) is 3.23. The van der Waals surface area contributed by atoms with Crippen molar-refractivity contribution in [2.75, 3.05) is 0 Å². The molecule has 1 aromatic heterocycles. The lowest BCUT2D eigenvalue weighted by molar-refractivity contribution is 0.00578. The molecule has 1 aliphatic rings. The Morgan fingerprint density at radius 1 is 1.07 bits per heavy atom. The lowest BCUT2D eigenvalue weighted by Crippen LogP contribution is -2.41. The standard InChI is InChI=1S/C22H23BN2O3S/c1-14(26-18-8-6-7-17-20(18)29-19(13-24)25-17)15-9-11-16(12-10-15)23-27-21(2,3)22(4,5)28-23/h6-12,14H,1-5H3. The summed E-state index contributed by atoms with van der Waals surface area (Å²) in [5.74, 6) is 0.740. The zero-order valence-electron chi connectivity index (χ0n) is 17.2. The number of thiazole rings is 1. The highest BCUT2D eigenvalue weighted by Gasteiger charge is 2.51. The summed E-state index contributed by atoms with van der Waals surface area (Å²) in [5, 5.41) is 9.55. The number of fused-ring (bicyclic) bond motifs is 1. The predicted molar refractivity (Wildman–Crippen MR) is 116 cm³/mol. The Morgan fingerprint density at radius 3 is 2.34 bits per heavy atom. The van der Waals surface area contributed by atoms with Crippen molar-refractivity contribution in [3.8, 4) is 11.8 Å². The van der Waals surface area contributed by atoms with Gasteiger partial charge in [-0.25, -0.2) is 4.98 Å². The average Bonchev–Trinajstić information content (AvgIpc) is 3.20. The van der Waals surface area contributed by atoms with E-state index in [4.69, 9.17) is 19.3 Å². The van der Waals surface area contributed by atoms with E-state index in [2.05, 4.69) is 38.7 Å². The van der Waals surface area contributed by atoms with Crippen LogP contribution in [0.5, 0.6) is 5.75 Å². The van der Waals surface area contributed by atoms with Crippen molar-refractivity contribution in [3.63, 3.8) is 0 Å². The van der Waals surface area contributed by atoms with E-state index in [0.717, 1.165) is 27.0 Å². The van der Waals surface area contributed by atoms with Crippen LogP contribution < -0.4 is 10.2 Å². The summed E-state index contributed by atoms with van der Waals surface area (Å²) in [7, 11) is -0.374. The average molecular weight is 406 g/mol. The van der Waals surface area contributed by atoms with Gasteiger partial charge in [-0.3, -0.25) is 0 Å². The molecule has 148 valence electrons. The SMILES string of the molecule is CC(Oc1cccc2nc(C#N)sc12)c1ccc(B2OC(C)(C)C(C)(C)O2)cc1. The van der Waals surface area contributed by atoms with Gasteiger partial charge in [-0.05, 0) is 57.8 Å². The van der Waals surface area contributed by atoms with Crippen molar-refractivity contribution >= 4 is 34.1 Å². The van der Waals surface area contributed by atoms with E-state index in [9.17, 15) is 0 Å². The Balaban J connectivity index is 1.52. The Morgan fingerprint density at radius 2 is 1.72 bits per heavy atom. The molecular weight excluding hydrogens is 383 g/mol. The highest BCUT2D eigenvalue weighted by Crippen LogP contribution is 2.37. The molecule has 0 radical (unpaired) electrons. The minimum atomic E-state index is -0.374. The van der Waals surface area contributed by atoms with E-state index >= 15 is 0 Å². The van der Waals surface area contributed by atoms with Crippen molar-refractivity contribution in [3.05, 3.63) is 53.0 Å². The molecule has 0 N–H and O–H groups in total. The van der Waals surface area contributed by atoms with E-state index < -0.39 is 0 Å². The highest BCUT2D eigenvalue weighted by atomic mass is 32.1. The van der Waals surface area contributed by atoms with Crippen molar-refractivity contribution in [1.29, 1.82) is 5.26 Å². The van der Waals surface area contributed by atoms with Gasteiger partial charge in [-0.2, -0.15) is 5.26 Å². The largest absolute Gasteiger partial charge is 0.494 e. The van der Waals surface area contributed by atoms with Gasteiger partial charge in [0.15, 0.2) is 5.01 Å². The Hall–Kier alpha value is -2.40. The first kappa shape index (κ1) is 19.9. The van der Waals surface area contributed by atoms with Crippen molar-refractivity contribution in [1.82, 2.24) is 4.98 Å². The molecule has 2 aromatic carbocycles. The number of nitrogens with zero attached hydrogens (tertiary/aromatic N) is 2. The molecular formula is C22H23BN2O3S. The van der Waals surface area contributed by atoms with Gasteiger partial charge in [0.2, 0.25) is 0 Å². The van der Waals surface area contributed by atoms with Crippen molar-refractivity contribution in [2.24, 2.45) is 0 Å². The fraction of sp³-hybridized carbons (Fsp3) is 0.364. The van der Waals surface area contributed by atoms with Crippen LogP contribution in [0.4, 0.5) is 0 Å². The van der Waals surface area contributed by atoms with Gasteiger partial charge < -0.3 is 14.0 Å². The maximum atomic E-state index is 9.11. The number of hydrogen-bond donors (Lipinski definition) is 0. The van der Waals surface area contributed by atoms with E-state index in [1.165, 1.54) is 11.3 Å². The first-order valence-electron chi connectivity index (χ1n) is 9.62. The first-order valence-corrected chi connectivity index (χ1v) is 10.4. The van der Waals surface area contributed by atoms with E-state index in [1.807, 2.05) is 49.4 Å². The van der Waals surface area contributed by atoms with Crippen LogP contribution in [0.25, 0.3) is 10.2 Å². The third-order valence-electron chi connectivity index (χ3n) is 5.71. The summed E-state index contributed by atoms with van der Waals surface area (Å²) in [6.45, 7) is 10.2. The van der Waals surface area contributed by atoms with Crippen LogP contribution in [0.1, 0.15) is 51.3 Å². The van der Waals surface area contributed by atoms with Gasteiger partial charge in [-0.1, -0.05) is 41.7 Å². The van der Waals surface area contributed by atoms with Crippen LogP contribution in [0.15, 0.2) is 42.5 Å². The summed E-state index contributed by atoms with van der Waals surface area (Å²) in [4.78, 5) is 4.30. The molecule has 1 aliphatic heterocycles. The lowest BCUT2D eigenvalue weighted by Gasteiger charge is -2.32. The topological polar surface area (TPSA) is 64.4 Å². The number of nitriles is 1. The van der Waals surface area contributed by atoms with E-state index in [0.29, 0.717) is 5.01 Å². The summed E-state index contributed by atoms with van der Waals surface area (Å²) in [6.07, 6.45) is -0.152. The van der Waals surface area contributed by atoms with Gasteiger partial charge in [0.25, 0.3) is 0 Å². The molecule has 4 rings (SSSR count). The number of rotatable bonds is 4. The number of benzene rings is 2. The van der Waals surface area contributed by atoms with Gasteiger partial charge in [0, 0.05) is 0 Å². The highest BCUT2D eigenvalue weighted by molar-refractivity contribution is 7.19. The minimum absolute atomic E-state index is 0.152. The van der Waals surface area contributed by atoms with Crippen LogP contribution in [0.2, 0.25) is 0 Å². The second kappa shape index (κ2) is 7.14. The molecule has 1 atom stereocenters. The van der Waals surface area contributed by atoms with Crippen molar-refractivity contribution in [2.45, 2.75) is 51.9 Å². The van der Waals surface area contributed by atoms with Gasteiger partial charge in [-0.15, -0.1) is 0 Å². The Labute approximate surface area is 175 Å². The predicted octanol–water partition coefficient (Wildman–Crippen LogP) is 4.61. The third-order valence-corrected chi connectivity index (χ3v) is 6.70. The lowest BCUT2D eigenvalue weighted by atomic mass is 9.78. The molecule has 0 bridgehead atoms. The molecule has 29 heavy (non-hydrogen) atoms. The van der Waals surface area contributed by atoms with Crippen LogP contribution >= 0.6 is 11.3 Å². The fourth-order valence-corrected chi connectivity index (χ4v) is 4.04. The summed E-state index contributed by atoms with van der Waals surface area (Å²) in [6, 6.07) is 15.9. The summed E-state index contributed by atoms with van der Waals surface area (Å²) >= 11 is 1.35. The molecule has 2 heterocycles. The molecule has 0 amide bonds.